The number of carbonyl (C=O) groups is 1. The van der Waals surface area contributed by atoms with Gasteiger partial charge in [-0.05, 0) is 42.8 Å². The molecule has 0 unspecified atom stereocenters. The van der Waals surface area contributed by atoms with Crippen LogP contribution in [0.3, 0.4) is 0 Å². The summed E-state index contributed by atoms with van der Waals surface area (Å²) in [5, 5.41) is 6.80. The lowest BCUT2D eigenvalue weighted by Crippen LogP contribution is -2.52. The molecule has 1 amide bonds. The highest BCUT2D eigenvalue weighted by atomic mass is 35.5. The summed E-state index contributed by atoms with van der Waals surface area (Å²) in [4.78, 5) is 21.1. The van der Waals surface area contributed by atoms with Gasteiger partial charge in [-0.15, -0.1) is 0 Å². The highest BCUT2D eigenvalue weighted by molar-refractivity contribution is 6.30. The molecule has 3 rings (SSSR count). The van der Waals surface area contributed by atoms with E-state index >= 15 is 0 Å². The highest BCUT2D eigenvalue weighted by Gasteiger charge is 2.20. The third-order valence-electron chi connectivity index (χ3n) is 4.94. The first kappa shape index (κ1) is 21.0. The lowest BCUT2D eigenvalue weighted by molar-refractivity contribution is 0.0963. The van der Waals surface area contributed by atoms with E-state index in [4.69, 9.17) is 16.6 Å². The molecule has 154 valence electrons. The standard InChI is InChI=1S/C22H28ClN5O/c1-3-25-22(26-16-17-7-9-18(10-8-17)21(29)24-2)28-13-11-27(12-14-28)20-6-4-5-19(23)15-20/h4-10,15H,3,11-14,16H2,1-2H3,(H,24,29)(H,25,26). The van der Waals surface area contributed by atoms with Crippen LogP contribution in [-0.2, 0) is 6.54 Å². The Morgan fingerprint density at radius 3 is 2.45 bits per heavy atom. The van der Waals surface area contributed by atoms with Crippen molar-refractivity contribution in [3.8, 4) is 0 Å². The summed E-state index contributed by atoms with van der Waals surface area (Å²) < 4.78 is 0. The summed E-state index contributed by atoms with van der Waals surface area (Å²) in [6.45, 7) is 7.11. The van der Waals surface area contributed by atoms with E-state index in [1.165, 1.54) is 0 Å². The maximum Gasteiger partial charge on any atom is 0.251 e. The Morgan fingerprint density at radius 1 is 1.10 bits per heavy atom. The third-order valence-corrected chi connectivity index (χ3v) is 5.18. The molecule has 1 aliphatic heterocycles. The van der Waals surface area contributed by atoms with Gasteiger partial charge in [0.15, 0.2) is 5.96 Å². The maximum absolute atomic E-state index is 11.7. The van der Waals surface area contributed by atoms with Crippen LogP contribution in [0, 0.1) is 0 Å². The van der Waals surface area contributed by atoms with Gasteiger partial charge in [0.2, 0.25) is 0 Å². The molecule has 0 aliphatic carbocycles. The summed E-state index contributed by atoms with van der Waals surface area (Å²) in [6, 6.07) is 15.6. The van der Waals surface area contributed by atoms with Gasteiger partial charge in [-0.2, -0.15) is 0 Å². The minimum atomic E-state index is -0.0778. The van der Waals surface area contributed by atoms with E-state index in [1.54, 1.807) is 7.05 Å². The summed E-state index contributed by atoms with van der Waals surface area (Å²) >= 11 is 6.13. The van der Waals surface area contributed by atoms with Crippen molar-refractivity contribution in [2.45, 2.75) is 13.5 Å². The monoisotopic (exact) mass is 413 g/mol. The molecule has 0 spiro atoms. The summed E-state index contributed by atoms with van der Waals surface area (Å²) in [5.74, 6) is 0.847. The number of rotatable bonds is 5. The van der Waals surface area contributed by atoms with Crippen LogP contribution in [0.4, 0.5) is 5.69 Å². The second-order valence-corrected chi connectivity index (χ2v) is 7.34. The molecule has 0 radical (unpaired) electrons. The van der Waals surface area contributed by atoms with Crippen LogP contribution in [0.2, 0.25) is 5.02 Å². The average Bonchev–Trinajstić information content (AvgIpc) is 2.76. The Balaban J connectivity index is 1.61. The molecule has 1 saturated heterocycles. The summed E-state index contributed by atoms with van der Waals surface area (Å²) in [5.41, 5.74) is 2.89. The summed E-state index contributed by atoms with van der Waals surface area (Å²) in [7, 11) is 1.63. The smallest absolute Gasteiger partial charge is 0.251 e. The summed E-state index contributed by atoms with van der Waals surface area (Å²) in [6.07, 6.45) is 0. The zero-order valence-corrected chi connectivity index (χ0v) is 17.7. The first-order chi connectivity index (χ1) is 14.1. The third kappa shape index (κ3) is 5.64. The first-order valence-electron chi connectivity index (χ1n) is 9.95. The van der Waals surface area contributed by atoms with Gasteiger partial charge in [0.1, 0.15) is 0 Å². The minimum Gasteiger partial charge on any atom is -0.368 e. The van der Waals surface area contributed by atoms with Gasteiger partial charge in [-0.25, -0.2) is 4.99 Å². The van der Waals surface area contributed by atoms with Crippen molar-refractivity contribution < 1.29 is 4.79 Å². The van der Waals surface area contributed by atoms with E-state index < -0.39 is 0 Å². The van der Waals surface area contributed by atoms with Crippen molar-refractivity contribution in [1.29, 1.82) is 0 Å². The molecule has 2 N–H and O–H groups in total. The molecule has 0 bridgehead atoms. The van der Waals surface area contributed by atoms with Crippen LogP contribution in [0.15, 0.2) is 53.5 Å². The van der Waals surface area contributed by atoms with Crippen molar-refractivity contribution in [2.24, 2.45) is 4.99 Å². The molecule has 7 heteroatoms. The molecule has 1 aliphatic rings. The number of nitrogens with zero attached hydrogens (tertiary/aromatic N) is 3. The number of aliphatic imine (C=N–C) groups is 1. The van der Waals surface area contributed by atoms with Gasteiger partial charge < -0.3 is 20.4 Å². The quantitative estimate of drug-likeness (QED) is 0.584. The van der Waals surface area contributed by atoms with Crippen molar-refractivity contribution >= 4 is 29.2 Å². The largest absolute Gasteiger partial charge is 0.368 e. The van der Waals surface area contributed by atoms with Gasteiger partial charge in [0, 0.05) is 56.0 Å². The Hall–Kier alpha value is -2.73. The van der Waals surface area contributed by atoms with Gasteiger partial charge >= 0.3 is 0 Å². The molecular formula is C22H28ClN5O. The van der Waals surface area contributed by atoms with E-state index in [0.29, 0.717) is 12.1 Å². The topological polar surface area (TPSA) is 60.0 Å². The molecule has 29 heavy (non-hydrogen) atoms. The number of guanidine groups is 1. The number of hydrogen-bond donors (Lipinski definition) is 2. The van der Waals surface area contributed by atoms with E-state index in [-0.39, 0.29) is 5.91 Å². The van der Waals surface area contributed by atoms with Crippen LogP contribution in [-0.4, -0.2) is 56.5 Å². The fourth-order valence-corrected chi connectivity index (χ4v) is 3.53. The minimum absolute atomic E-state index is 0.0778. The molecular weight excluding hydrogens is 386 g/mol. The van der Waals surface area contributed by atoms with E-state index in [9.17, 15) is 4.79 Å². The molecule has 1 heterocycles. The van der Waals surface area contributed by atoms with Gasteiger partial charge in [0.25, 0.3) is 5.91 Å². The van der Waals surface area contributed by atoms with Gasteiger partial charge in [0.05, 0.1) is 6.54 Å². The van der Waals surface area contributed by atoms with Crippen LogP contribution < -0.4 is 15.5 Å². The second-order valence-electron chi connectivity index (χ2n) is 6.90. The predicted octanol–water partition coefficient (Wildman–Crippen LogP) is 2.99. The van der Waals surface area contributed by atoms with E-state index in [1.807, 2.05) is 42.5 Å². The predicted molar refractivity (Wildman–Crippen MR) is 120 cm³/mol. The molecule has 0 saturated carbocycles. The molecule has 2 aromatic rings. The maximum atomic E-state index is 11.7. The van der Waals surface area contributed by atoms with E-state index in [2.05, 4.69) is 33.4 Å². The SMILES string of the molecule is CCNC(=NCc1ccc(C(=O)NC)cc1)N1CCN(c2cccc(Cl)c2)CC1. The second kappa shape index (κ2) is 10.2. The van der Waals surface area contributed by atoms with Crippen molar-refractivity contribution in [3.63, 3.8) is 0 Å². The van der Waals surface area contributed by atoms with Crippen molar-refractivity contribution in [2.75, 3.05) is 44.7 Å². The normalized spacial score (nSPS) is 14.7. The molecule has 6 nitrogen and oxygen atoms in total. The fourth-order valence-electron chi connectivity index (χ4n) is 3.35. The Morgan fingerprint density at radius 2 is 1.83 bits per heavy atom. The molecule has 0 aromatic heterocycles. The average molecular weight is 414 g/mol. The van der Waals surface area contributed by atoms with Crippen molar-refractivity contribution in [1.82, 2.24) is 15.5 Å². The zero-order valence-electron chi connectivity index (χ0n) is 17.0. The number of hydrogen-bond acceptors (Lipinski definition) is 3. The van der Waals surface area contributed by atoms with Crippen LogP contribution in [0.5, 0.6) is 0 Å². The van der Waals surface area contributed by atoms with Crippen LogP contribution >= 0.6 is 11.6 Å². The number of nitrogens with one attached hydrogen (secondary N) is 2. The zero-order chi connectivity index (χ0) is 20.6. The number of benzene rings is 2. The first-order valence-corrected chi connectivity index (χ1v) is 10.3. The highest BCUT2D eigenvalue weighted by Crippen LogP contribution is 2.20. The van der Waals surface area contributed by atoms with Crippen molar-refractivity contribution in [3.05, 3.63) is 64.7 Å². The van der Waals surface area contributed by atoms with Gasteiger partial charge in [-0.3, -0.25) is 4.79 Å². The van der Waals surface area contributed by atoms with Crippen LogP contribution in [0.25, 0.3) is 0 Å². The Kier molecular flexibility index (Phi) is 7.36. The number of piperazine rings is 1. The fraction of sp³-hybridized carbons (Fsp3) is 0.364. The number of amides is 1. The Labute approximate surface area is 177 Å². The van der Waals surface area contributed by atoms with Crippen LogP contribution in [0.1, 0.15) is 22.8 Å². The van der Waals surface area contributed by atoms with E-state index in [0.717, 1.165) is 55.0 Å². The lowest BCUT2D eigenvalue weighted by Gasteiger charge is -2.37. The molecule has 0 atom stereocenters. The molecule has 1 fully saturated rings. The lowest BCUT2D eigenvalue weighted by atomic mass is 10.1. The molecule has 2 aromatic carbocycles. The van der Waals surface area contributed by atoms with Gasteiger partial charge in [-0.1, -0.05) is 29.8 Å². The Bertz CT molecular complexity index is 845. The number of carbonyl (C=O) groups excluding carboxylic acids is 1. The number of halogens is 1. The number of anilines is 1.